The minimum Gasteiger partial charge on any atom is -0.239 e. The summed E-state index contributed by atoms with van der Waals surface area (Å²) in [5.41, 5.74) is -1.86. The number of hydrogen-bond donors (Lipinski definition) is 0. The number of nitrogens with zero attached hydrogens (tertiary/aromatic N) is 3. The molecular formula is C11H12F3N3. The van der Waals surface area contributed by atoms with Crippen molar-refractivity contribution in [2.75, 3.05) is 0 Å². The number of hydrogen-bond acceptors (Lipinski definition) is 3. The molecule has 0 bridgehead atoms. The summed E-state index contributed by atoms with van der Waals surface area (Å²) in [4.78, 5) is 0. The van der Waals surface area contributed by atoms with Gasteiger partial charge in [-0.2, -0.15) is 15.8 Å². The van der Waals surface area contributed by atoms with Gasteiger partial charge in [0.2, 0.25) is 0 Å². The Morgan fingerprint density at radius 1 is 0.941 bits per heavy atom. The Morgan fingerprint density at radius 2 is 1.53 bits per heavy atom. The molecule has 2 atom stereocenters. The summed E-state index contributed by atoms with van der Waals surface area (Å²) in [6, 6.07) is 5.09. The molecule has 0 aliphatic carbocycles. The van der Waals surface area contributed by atoms with Crippen LogP contribution < -0.4 is 0 Å². The minimum absolute atomic E-state index is 0.0753. The lowest BCUT2D eigenvalue weighted by molar-refractivity contribution is -0.0157. The van der Waals surface area contributed by atoms with Crippen LogP contribution in [0.25, 0.3) is 0 Å². The van der Waals surface area contributed by atoms with E-state index in [4.69, 9.17) is 15.8 Å². The van der Waals surface area contributed by atoms with Gasteiger partial charge in [0.25, 0.3) is 6.43 Å². The summed E-state index contributed by atoms with van der Waals surface area (Å²) in [6.45, 7) is 0. The molecular weight excluding hydrogens is 231 g/mol. The molecule has 0 aliphatic heterocycles. The van der Waals surface area contributed by atoms with E-state index in [1.165, 1.54) is 0 Å². The van der Waals surface area contributed by atoms with Gasteiger partial charge in [-0.05, 0) is 19.3 Å². The van der Waals surface area contributed by atoms with Gasteiger partial charge >= 0.3 is 0 Å². The van der Waals surface area contributed by atoms with Crippen molar-refractivity contribution < 1.29 is 13.2 Å². The smallest absolute Gasteiger partial charge is 0.239 e. The van der Waals surface area contributed by atoms with E-state index in [1.54, 1.807) is 18.2 Å². The van der Waals surface area contributed by atoms with Crippen LogP contribution in [0.2, 0.25) is 0 Å². The van der Waals surface area contributed by atoms with Gasteiger partial charge in [0, 0.05) is 12.8 Å². The number of rotatable bonds is 7. The average Bonchev–Trinajstić information content (AvgIpc) is 2.33. The highest BCUT2D eigenvalue weighted by molar-refractivity contribution is 5.06. The van der Waals surface area contributed by atoms with Crippen LogP contribution in [0.1, 0.15) is 32.1 Å². The van der Waals surface area contributed by atoms with Gasteiger partial charge in [0.1, 0.15) is 0 Å². The van der Waals surface area contributed by atoms with Crippen LogP contribution >= 0.6 is 0 Å². The molecule has 0 aliphatic rings. The first-order valence-electron chi connectivity index (χ1n) is 5.11. The summed E-state index contributed by atoms with van der Waals surface area (Å²) in [6.07, 6.45) is -6.13. The first kappa shape index (κ1) is 15.3. The third kappa shape index (κ3) is 4.33. The molecule has 0 amide bonds. The second-order valence-electron chi connectivity index (χ2n) is 3.67. The first-order valence-corrected chi connectivity index (χ1v) is 5.11. The highest BCUT2D eigenvalue weighted by Crippen LogP contribution is 2.38. The van der Waals surface area contributed by atoms with E-state index in [9.17, 15) is 13.2 Å². The number of unbranched alkanes of at least 4 members (excludes halogenated alkanes) is 1. The predicted octanol–water partition coefficient (Wildman–Crippen LogP) is 3.10. The second-order valence-corrected chi connectivity index (χ2v) is 3.67. The molecule has 0 radical (unpaired) electrons. The molecule has 92 valence electrons. The highest BCUT2D eigenvalue weighted by Gasteiger charge is 2.44. The molecule has 0 aromatic carbocycles. The lowest BCUT2D eigenvalue weighted by Crippen LogP contribution is -2.36. The summed E-state index contributed by atoms with van der Waals surface area (Å²) in [5, 5.41) is 25.6. The minimum atomic E-state index is -3.25. The fraction of sp³-hybridized carbons (Fsp3) is 0.727. The second kappa shape index (κ2) is 7.52. The number of alkyl halides is 3. The van der Waals surface area contributed by atoms with Crippen molar-refractivity contribution >= 4 is 0 Å². The maximum atomic E-state index is 13.4. The van der Waals surface area contributed by atoms with Crippen molar-refractivity contribution in [1.82, 2.24) is 0 Å². The normalized spacial score (nSPS) is 15.4. The van der Waals surface area contributed by atoms with Crippen LogP contribution in [0.15, 0.2) is 0 Å². The van der Waals surface area contributed by atoms with E-state index < -0.39 is 18.0 Å². The van der Waals surface area contributed by atoms with E-state index in [0.717, 1.165) is 0 Å². The van der Waals surface area contributed by atoms with Crippen LogP contribution in [-0.2, 0) is 0 Å². The van der Waals surface area contributed by atoms with Crippen molar-refractivity contribution in [3.05, 3.63) is 0 Å². The van der Waals surface area contributed by atoms with Crippen molar-refractivity contribution in [3.63, 3.8) is 0 Å². The SMILES string of the molecule is N#CCCCC(C#N)(CCC#N)C(F)C(F)F. The van der Waals surface area contributed by atoms with Crippen LogP contribution in [0.4, 0.5) is 13.2 Å². The average molecular weight is 243 g/mol. The van der Waals surface area contributed by atoms with Crippen LogP contribution in [0.5, 0.6) is 0 Å². The Bertz CT molecular complexity index is 350. The molecule has 0 aromatic heterocycles. The van der Waals surface area contributed by atoms with Crippen molar-refractivity contribution in [2.45, 2.75) is 44.7 Å². The van der Waals surface area contributed by atoms with Crippen molar-refractivity contribution in [1.29, 1.82) is 15.8 Å². The fourth-order valence-electron chi connectivity index (χ4n) is 1.58. The standard InChI is InChI=1S/C11H12F3N3/c12-9(10(13)14)11(8-17,5-3-7-16)4-1-2-6-15/h9-10H,1-5H2. The third-order valence-corrected chi connectivity index (χ3v) is 2.57. The van der Waals surface area contributed by atoms with Crippen LogP contribution in [-0.4, -0.2) is 12.6 Å². The molecule has 0 N–H and O–H groups in total. The van der Waals surface area contributed by atoms with E-state index in [0.29, 0.717) is 0 Å². The van der Waals surface area contributed by atoms with E-state index in [2.05, 4.69) is 0 Å². The highest BCUT2D eigenvalue weighted by atomic mass is 19.3. The van der Waals surface area contributed by atoms with E-state index >= 15 is 0 Å². The molecule has 0 rings (SSSR count). The first-order chi connectivity index (χ1) is 8.04. The summed E-state index contributed by atoms with van der Waals surface area (Å²) < 4.78 is 38.2. The molecule has 0 spiro atoms. The van der Waals surface area contributed by atoms with Crippen LogP contribution in [0.3, 0.4) is 0 Å². The van der Waals surface area contributed by atoms with Crippen molar-refractivity contribution in [2.24, 2.45) is 5.41 Å². The van der Waals surface area contributed by atoms with Gasteiger partial charge in [-0.1, -0.05) is 0 Å². The van der Waals surface area contributed by atoms with Gasteiger partial charge in [0.05, 0.1) is 23.6 Å². The van der Waals surface area contributed by atoms with Gasteiger partial charge < -0.3 is 0 Å². The summed E-state index contributed by atoms with van der Waals surface area (Å²) in [5.74, 6) is 0. The zero-order valence-electron chi connectivity index (χ0n) is 9.17. The zero-order chi connectivity index (χ0) is 13.3. The number of halogens is 3. The Labute approximate surface area is 98.1 Å². The number of nitriles is 3. The van der Waals surface area contributed by atoms with Gasteiger partial charge in [-0.15, -0.1) is 0 Å². The Morgan fingerprint density at radius 3 is 1.94 bits per heavy atom. The lowest BCUT2D eigenvalue weighted by atomic mass is 9.76. The monoisotopic (exact) mass is 243 g/mol. The fourth-order valence-corrected chi connectivity index (χ4v) is 1.58. The molecule has 3 nitrogen and oxygen atoms in total. The lowest BCUT2D eigenvalue weighted by Gasteiger charge is -2.28. The molecule has 2 unspecified atom stereocenters. The largest absolute Gasteiger partial charge is 0.270 e. The Kier molecular flexibility index (Phi) is 6.75. The predicted molar refractivity (Wildman–Crippen MR) is 53.3 cm³/mol. The maximum Gasteiger partial charge on any atom is 0.270 e. The summed E-state index contributed by atoms with van der Waals surface area (Å²) in [7, 11) is 0. The Balaban J connectivity index is 4.83. The maximum absolute atomic E-state index is 13.4. The topological polar surface area (TPSA) is 71.4 Å². The van der Waals surface area contributed by atoms with Crippen LogP contribution in [0, 0.1) is 39.4 Å². The molecule has 0 saturated carbocycles. The van der Waals surface area contributed by atoms with Gasteiger partial charge in [-0.3, -0.25) is 0 Å². The quantitative estimate of drug-likeness (QED) is 0.645. The molecule has 6 heteroatoms. The molecule has 17 heavy (non-hydrogen) atoms. The molecule has 0 heterocycles. The van der Waals surface area contributed by atoms with E-state index in [1.807, 2.05) is 0 Å². The summed E-state index contributed by atoms with van der Waals surface area (Å²) >= 11 is 0. The zero-order valence-corrected chi connectivity index (χ0v) is 9.17. The Hall–Kier alpha value is -1.74. The molecule has 0 aromatic rings. The van der Waals surface area contributed by atoms with Gasteiger partial charge in [-0.25, -0.2) is 13.2 Å². The molecule has 0 fully saturated rings. The van der Waals surface area contributed by atoms with Gasteiger partial charge in [0.15, 0.2) is 6.17 Å². The van der Waals surface area contributed by atoms with Crippen molar-refractivity contribution in [3.8, 4) is 18.2 Å². The van der Waals surface area contributed by atoms with E-state index in [-0.39, 0.29) is 32.1 Å². The third-order valence-electron chi connectivity index (χ3n) is 2.57. The molecule has 0 saturated heterocycles.